The molecule has 1 aliphatic heterocycles. The Labute approximate surface area is 156 Å². The standard InChI is InChI=1S/C16H27NO8S/c1-3-4-5-6-26-16(15(23)24)7-10(20)12(17-9(2)19)14(25-16)13(22)11(21)8-18/h3,10-14,18,20-22H,1,4-8H2,2H3,(H,17,19)(H,23,24)/t10-,11-,12+,13-,14+,16-/m1/s1. The topological polar surface area (TPSA) is 157 Å². The number of nitrogens with one attached hydrogen (secondary N) is 1. The van der Waals surface area contributed by atoms with E-state index in [4.69, 9.17) is 9.84 Å². The third-order valence-corrected chi connectivity index (χ3v) is 5.47. The van der Waals surface area contributed by atoms with Crippen molar-refractivity contribution in [2.24, 2.45) is 0 Å². The van der Waals surface area contributed by atoms with Gasteiger partial charge in [-0.05, 0) is 18.6 Å². The normalized spacial score (nSPS) is 31.0. The predicted octanol–water partition coefficient (Wildman–Crippen LogP) is -1.16. The Morgan fingerprint density at radius 3 is 2.62 bits per heavy atom. The second-order valence-electron chi connectivity index (χ2n) is 6.16. The van der Waals surface area contributed by atoms with Crippen LogP contribution in [0.4, 0.5) is 0 Å². The maximum Gasteiger partial charge on any atom is 0.346 e. The Bertz CT molecular complexity index is 505. The summed E-state index contributed by atoms with van der Waals surface area (Å²) >= 11 is 0.961. The molecule has 1 fully saturated rings. The van der Waals surface area contributed by atoms with Crippen molar-refractivity contribution >= 4 is 23.6 Å². The number of allylic oxidation sites excluding steroid dienone is 1. The summed E-state index contributed by atoms with van der Waals surface area (Å²) in [5.41, 5.74) is 0. The van der Waals surface area contributed by atoms with Gasteiger partial charge in [-0.25, -0.2) is 4.79 Å². The van der Waals surface area contributed by atoms with Gasteiger partial charge in [-0.15, -0.1) is 18.3 Å². The predicted molar refractivity (Wildman–Crippen MR) is 94.5 cm³/mol. The quantitative estimate of drug-likeness (QED) is 0.199. The lowest BCUT2D eigenvalue weighted by Crippen LogP contribution is -2.66. The first kappa shape index (κ1) is 22.9. The third kappa shape index (κ3) is 5.66. The van der Waals surface area contributed by atoms with E-state index in [1.54, 1.807) is 6.08 Å². The van der Waals surface area contributed by atoms with Crippen molar-refractivity contribution in [1.82, 2.24) is 5.32 Å². The average molecular weight is 393 g/mol. The molecule has 0 bridgehead atoms. The molecule has 1 amide bonds. The van der Waals surface area contributed by atoms with Crippen molar-refractivity contribution in [2.45, 2.75) is 61.6 Å². The van der Waals surface area contributed by atoms with E-state index in [0.717, 1.165) is 11.8 Å². The maximum absolute atomic E-state index is 11.9. The number of carbonyl (C=O) groups excluding carboxylic acids is 1. The summed E-state index contributed by atoms with van der Waals surface area (Å²) in [4.78, 5) is 21.4. The van der Waals surface area contributed by atoms with E-state index in [9.17, 15) is 30.0 Å². The Kier molecular flexibility index (Phi) is 9.01. The number of carboxylic acid groups (broad SMARTS) is 1. The van der Waals surface area contributed by atoms with Crippen molar-refractivity contribution in [3.63, 3.8) is 0 Å². The van der Waals surface area contributed by atoms with Gasteiger partial charge in [0, 0.05) is 13.3 Å². The molecule has 0 aromatic heterocycles. The minimum Gasteiger partial charge on any atom is -0.478 e. The van der Waals surface area contributed by atoms with Gasteiger partial charge >= 0.3 is 5.97 Å². The monoisotopic (exact) mass is 393 g/mol. The highest BCUT2D eigenvalue weighted by Crippen LogP contribution is 2.40. The molecule has 6 N–H and O–H groups in total. The van der Waals surface area contributed by atoms with Crippen molar-refractivity contribution in [3.8, 4) is 0 Å². The lowest BCUT2D eigenvalue weighted by molar-refractivity contribution is -0.205. The molecule has 0 aromatic rings. The number of carboxylic acids is 1. The van der Waals surface area contributed by atoms with Gasteiger partial charge in [-0.2, -0.15) is 0 Å². The van der Waals surface area contributed by atoms with E-state index in [1.165, 1.54) is 6.92 Å². The van der Waals surface area contributed by atoms with Crippen LogP contribution < -0.4 is 5.32 Å². The highest BCUT2D eigenvalue weighted by atomic mass is 32.2. The van der Waals surface area contributed by atoms with Crippen LogP contribution in [0, 0.1) is 0 Å². The molecule has 1 rings (SSSR count). The summed E-state index contributed by atoms with van der Waals surface area (Å²) in [6, 6.07) is -1.13. The smallest absolute Gasteiger partial charge is 0.346 e. The molecule has 0 saturated carbocycles. The van der Waals surface area contributed by atoms with Crippen molar-refractivity contribution in [1.29, 1.82) is 0 Å². The Balaban J connectivity index is 3.10. The summed E-state index contributed by atoms with van der Waals surface area (Å²) in [6.45, 7) is 3.99. The van der Waals surface area contributed by atoms with Crippen LogP contribution in [-0.2, 0) is 14.3 Å². The van der Waals surface area contributed by atoms with Crippen molar-refractivity contribution in [3.05, 3.63) is 12.7 Å². The number of carbonyl (C=O) groups is 2. The van der Waals surface area contributed by atoms with E-state index in [1.807, 2.05) is 0 Å². The van der Waals surface area contributed by atoms with Crippen LogP contribution >= 0.6 is 11.8 Å². The summed E-state index contributed by atoms with van der Waals surface area (Å²) in [6.07, 6.45) is -3.39. The average Bonchev–Trinajstić information content (AvgIpc) is 2.59. The van der Waals surface area contributed by atoms with Gasteiger partial charge in [0.1, 0.15) is 18.3 Å². The fourth-order valence-corrected chi connectivity index (χ4v) is 3.97. The van der Waals surface area contributed by atoms with Gasteiger partial charge in [0.05, 0.1) is 18.8 Å². The SMILES string of the molecule is C=CCCCS[C@@]1(C(=O)O)C[C@@H](O)[C@H](NC(C)=O)[C@@H]([C@H](O)[C@H](O)CO)O1. The number of ether oxygens (including phenoxy) is 1. The first-order valence-corrected chi connectivity index (χ1v) is 9.25. The largest absolute Gasteiger partial charge is 0.478 e. The lowest BCUT2D eigenvalue weighted by atomic mass is 9.90. The Morgan fingerprint density at radius 1 is 1.46 bits per heavy atom. The number of amides is 1. The number of hydrogen-bond acceptors (Lipinski definition) is 8. The molecule has 150 valence electrons. The molecule has 6 atom stereocenters. The van der Waals surface area contributed by atoms with Gasteiger partial charge in [0.25, 0.3) is 0 Å². The fraction of sp³-hybridized carbons (Fsp3) is 0.750. The number of thioether (sulfide) groups is 1. The van der Waals surface area contributed by atoms with Gasteiger partial charge in [0.15, 0.2) is 0 Å². The molecule has 9 nitrogen and oxygen atoms in total. The second kappa shape index (κ2) is 10.2. The van der Waals surface area contributed by atoms with E-state index in [-0.39, 0.29) is 6.42 Å². The molecule has 26 heavy (non-hydrogen) atoms. The number of unbranched alkanes of at least 4 members (excludes halogenated alkanes) is 1. The molecule has 0 unspecified atom stereocenters. The zero-order chi connectivity index (χ0) is 19.9. The van der Waals surface area contributed by atoms with Gasteiger partial charge < -0.3 is 35.6 Å². The van der Waals surface area contributed by atoms with E-state index in [2.05, 4.69) is 11.9 Å². The van der Waals surface area contributed by atoms with Crippen molar-refractivity contribution < 1.29 is 39.9 Å². The Morgan fingerprint density at radius 2 is 2.12 bits per heavy atom. The summed E-state index contributed by atoms with van der Waals surface area (Å²) in [7, 11) is 0. The van der Waals surface area contributed by atoms with Gasteiger partial charge in [-0.3, -0.25) is 4.79 Å². The maximum atomic E-state index is 11.9. The van der Waals surface area contributed by atoms with Crippen LogP contribution in [0.2, 0.25) is 0 Å². The fourth-order valence-electron chi connectivity index (χ4n) is 2.74. The molecule has 1 aliphatic rings. The molecule has 1 heterocycles. The van der Waals surface area contributed by atoms with Crippen LogP contribution in [0.3, 0.4) is 0 Å². The van der Waals surface area contributed by atoms with E-state index in [0.29, 0.717) is 18.6 Å². The van der Waals surface area contributed by atoms with Crippen LogP contribution in [0.25, 0.3) is 0 Å². The van der Waals surface area contributed by atoms with Crippen molar-refractivity contribution in [2.75, 3.05) is 12.4 Å². The zero-order valence-electron chi connectivity index (χ0n) is 14.6. The number of aliphatic hydroxyl groups is 4. The molecule has 0 aliphatic carbocycles. The molecule has 0 spiro atoms. The van der Waals surface area contributed by atoms with Crippen LogP contribution in [-0.4, -0.2) is 85.2 Å². The summed E-state index contributed by atoms with van der Waals surface area (Å²) in [5.74, 6) is -1.45. The second-order valence-corrected chi connectivity index (χ2v) is 7.51. The summed E-state index contributed by atoms with van der Waals surface area (Å²) < 4.78 is 5.63. The van der Waals surface area contributed by atoms with E-state index < -0.39 is 53.9 Å². The first-order valence-electron chi connectivity index (χ1n) is 8.26. The third-order valence-electron chi connectivity index (χ3n) is 4.07. The number of aliphatic carboxylic acids is 1. The Hall–Kier alpha value is -1.17. The molecular formula is C16H27NO8S. The molecular weight excluding hydrogens is 366 g/mol. The van der Waals surface area contributed by atoms with Gasteiger partial charge in [0.2, 0.25) is 10.8 Å². The van der Waals surface area contributed by atoms with Crippen LogP contribution in [0.1, 0.15) is 26.2 Å². The molecule has 10 heteroatoms. The number of hydrogen-bond donors (Lipinski definition) is 6. The highest BCUT2D eigenvalue weighted by Gasteiger charge is 2.54. The number of rotatable bonds is 10. The minimum atomic E-state index is -1.85. The number of aliphatic hydroxyl groups excluding tert-OH is 4. The van der Waals surface area contributed by atoms with Crippen LogP contribution in [0.5, 0.6) is 0 Å². The highest BCUT2D eigenvalue weighted by molar-refractivity contribution is 8.01. The van der Waals surface area contributed by atoms with Crippen LogP contribution in [0.15, 0.2) is 12.7 Å². The molecule has 1 saturated heterocycles. The lowest BCUT2D eigenvalue weighted by Gasteiger charge is -2.46. The van der Waals surface area contributed by atoms with E-state index >= 15 is 0 Å². The van der Waals surface area contributed by atoms with Gasteiger partial charge in [-0.1, -0.05) is 6.08 Å². The minimum absolute atomic E-state index is 0.315. The molecule has 0 radical (unpaired) electrons. The summed E-state index contributed by atoms with van der Waals surface area (Å²) in [5, 5.41) is 51.6. The zero-order valence-corrected chi connectivity index (χ0v) is 15.4. The first-order chi connectivity index (χ1) is 12.2. The molecule has 0 aromatic carbocycles.